The number of carbonyl (C=O) groups excluding carboxylic acids is 1. The largest absolute Gasteiger partial charge is 0.320 e. The van der Waals surface area contributed by atoms with Crippen molar-refractivity contribution in [3.63, 3.8) is 0 Å². The molecule has 0 atom stereocenters. The van der Waals surface area contributed by atoms with E-state index in [1.54, 1.807) is 12.1 Å². The first-order chi connectivity index (χ1) is 8.56. The fourth-order valence-corrected chi connectivity index (χ4v) is 1.51. The molecule has 0 spiro atoms. The number of aryl methyl sites for hydroxylation is 1. The smallest absolute Gasteiger partial charge is 0.258 e. The van der Waals surface area contributed by atoms with Crippen LogP contribution in [-0.4, -0.2) is 15.9 Å². The molecule has 0 aliphatic heterocycles. The van der Waals surface area contributed by atoms with Gasteiger partial charge in [0.25, 0.3) is 5.91 Å². The van der Waals surface area contributed by atoms with Crippen molar-refractivity contribution < 1.29 is 9.18 Å². The summed E-state index contributed by atoms with van der Waals surface area (Å²) < 4.78 is 13.0. The van der Waals surface area contributed by atoms with Gasteiger partial charge in [-0.3, -0.25) is 9.78 Å². The predicted octanol–water partition coefficient (Wildman–Crippen LogP) is 2.83. The van der Waals surface area contributed by atoms with Crippen LogP contribution in [0.5, 0.6) is 0 Å². The molecule has 0 radical (unpaired) electrons. The van der Waals surface area contributed by atoms with Gasteiger partial charge in [0.2, 0.25) is 0 Å². The number of amides is 1. The number of hydrogen-bond acceptors (Lipinski definition) is 3. The van der Waals surface area contributed by atoms with E-state index in [2.05, 4.69) is 15.3 Å². The molecule has 2 heterocycles. The van der Waals surface area contributed by atoms with Crippen LogP contribution in [-0.2, 0) is 0 Å². The van der Waals surface area contributed by atoms with Crippen LogP contribution in [0.25, 0.3) is 0 Å². The lowest BCUT2D eigenvalue weighted by Crippen LogP contribution is -2.13. The van der Waals surface area contributed by atoms with Crippen molar-refractivity contribution in [2.24, 2.45) is 0 Å². The van der Waals surface area contributed by atoms with E-state index >= 15 is 0 Å². The Morgan fingerprint density at radius 2 is 2.11 bits per heavy atom. The first-order valence-electron chi connectivity index (χ1n) is 5.11. The molecular weight excluding hydrogens is 257 g/mol. The molecule has 0 aliphatic carbocycles. The van der Waals surface area contributed by atoms with Gasteiger partial charge in [-0.1, -0.05) is 11.6 Å². The quantitative estimate of drug-likeness (QED) is 0.850. The summed E-state index contributed by atoms with van der Waals surface area (Å²) in [6, 6.07) is 4.48. The van der Waals surface area contributed by atoms with Crippen molar-refractivity contribution in [2.75, 3.05) is 5.32 Å². The second-order valence-electron chi connectivity index (χ2n) is 3.63. The standard InChI is InChI=1S/C12H9ClFN3O/c1-7-2-3-9(6-15-7)17-12(18)10-4-8(14)5-16-11(10)13/h2-6H,1H3,(H,17,18). The lowest BCUT2D eigenvalue weighted by atomic mass is 10.2. The van der Waals surface area contributed by atoms with Crippen LogP contribution < -0.4 is 5.32 Å². The molecule has 4 nitrogen and oxygen atoms in total. The van der Waals surface area contributed by atoms with Crippen molar-refractivity contribution in [1.29, 1.82) is 0 Å². The van der Waals surface area contributed by atoms with Gasteiger partial charge in [-0.05, 0) is 25.1 Å². The summed E-state index contributed by atoms with van der Waals surface area (Å²) in [6.45, 7) is 1.83. The normalized spacial score (nSPS) is 10.2. The lowest BCUT2D eigenvalue weighted by molar-refractivity contribution is 0.102. The minimum Gasteiger partial charge on any atom is -0.320 e. The molecule has 1 N–H and O–H groups in total. The number of hydrogen-bond donors (Lipinski definition) is 1. The van der Waals surface area contributed by atoms with Crippen LogP contribution in [0.2, 0.25) is 5.15 Å². The van der Waals surface area contributed by atoms with E-state index in [1.807, 2.05) is 6.92 Å². The van der Waals surface area contributed by atoms with Gasteiger partial charge < -0.3 is 5.32 Å². The zero-order chi connectivity index (χ0) is 13.1. The van der Waals surface area contributed by atoms with Crippen molar-refractivity contribution in [3.05, 3.63) is 52.8 Å². The van der Waals surface area contributed by atoms with Crippen molar-refractivity contribution >= 4 is 23.2 Å². The lowest BCUT2D eigenvalue weighted by Gasteiger charge is -2.06. The number of nitrogens with zero attached hydrogens (tertiary/aromatic N) is 2. The van der Waals surface area contributed by atoms with Crippen molar-refractivity contribution in [2.45, 2.75) is 6.92 Å². The summed E-state index contributed by atoms with van der Waals surface area (Å²) in [4.78, 5) is 19.4. The maximum Gasteiger partial charge on any atom is 0.258 e. The van der Waals surface area contributed by atoms with Crippen LogP contribution in [0.15, 0.2) is 30.6 Å². The van der Waals surface area contributed by atoms with E-state index in [1.165, 1.54) is 6.20 Å². The number of nitrogens with one attached hydrogen (secondary N) is 1. The van der Waals surface area contributed by atoms with Gasteiger partial charge >= 0.3 is 0 Å². The monoisotopic (exact) mass is 265 g/mol. The summed E-state index contributed by atoms with van der Waals surface area (Å²) in [6.07, 6.45) is 2.46. The molecule has 2 aromatic rings. The Morgan fingerprint density at radius 1 is 1.33 bits per heavy atom. The Balaban J connectivity index is 2.21. The molecule has 92 valence electrons. The van der Waals surface area contributed by atoms with Crippen molar-refractivity contribution in [1.82, 2.24) is 9.97 Å². The average molecular weight is 266 g/mol. The van der Waals surface area contributed by atoms with Gasteiger partial charge in [-0.2, -0.15) is 0 Å². The molecule has 0 unspecified atom stereocenters. The number of aromatic nitrogens is 2. The Hall–Kier alpha value is -2.01. The fraction of sp³-hybridized carbons (Fsp3) is 0.0833. The molecule has 1 amide bonds. The Bertz CT molecular complexity index is 586. The van der Waals surface area contributed by atoms with Gasteiger partial charge in [0.05, 0.1) is 23.6 Å². The maximum absolute atomic E-state index is 13.0. The number of halogens is 2. The minimum atomic E-state index is -0.619. The number of pyridine rings is 2. The second-order valence-corrected chi connectivity index (χ2v) is 3.99. The van der Waals surface area contributed by atoms with Gasteiger partial charge in [0, 0.05) is 5.69 Å². The molecule has 0 fully saturated rings. The summed E-state index contributed by atoms with van der Waals surface area (Å²) in [5, 5.41) is 2.51. The highest BCUT2D eigenvalue weighted by Gasteiger charge is 2.13. The average Bonchev–Trinajstić information content (AvgIpc) is 2.35. The topological polar surface area (TPSA) is 54.9 Å². The highest BCUT2D eigenvalue weighted by molar-refractivity contribution is 6.33. The van der Waals surface area contributed by atoms with E-state index in [4.69, 9.17) is 11.6 Å². The third-order valence-corrected chi connectivity index (χ3v) is 2.52. The minimum absolute atomic E-state index is 0.0164. The second kappa shape index (κ2) is 5.10. The van der Waals surface area contributed by atoms with E-state index in [-0.39, 0.29) is 10.7 Å². The first kappa shape index (κ1) is 12.4. The molecule has 0 saturated heterocycles. The maximum atomic E-state index is 13.0. The predicted molar refractivity (Wildman–Crippen MR) is 66.1 cm³/mol. The third-order valence-electron chi connectivity index (χ3n) is 2.22. The molecule has 0 saturated carbocycles. The highest BCUT2D eigenvalue weighted by atomic mass is 35.5. The molecule has 2 aromatic heterocycles. The summed E-state index contributed by atoms with van der Waals surface area (Å²) in [5.41, 5.74) is 1.32. The first-order valence-corrected chi connectivity index (χ1v) is 5.49. The molecule has 2 rings (SSSR count). The third kappa shape index (κ3) is 2.81. The van der Waals surface area contributed by atoms with Crippen LogP contribution in [0.1, 0.15) is 16.1 Å². The molecular formula is C12H9ClFN3O. The Labute approximate surface area is 108 Å². The van der Waals surface area contributed by atoms with Crippen LogP contribution in [0, 0.1) is 12.7 Å². The van der Waals surface area contributed by atoms with E-state index in [9.17, 15) is 9.18 Å². The molecule has 0 bridgehead atoms. The molecule has 6 heteroatoms. The number of rotatable bonds is 2. The molecule has 0 aliphatic rings. The summed E-state index contributed by atoms with van der Waals surface area (Å²) >= 11 is 5.73. The Morgan fingerprint density at radius 3 is 2.78 bits per heavy atom. The van der Waals surface area contributed by atoms with Gasteiger partial charge in [-0.15, -0.1) is 0 Å². The molecule has 18 heavy (non-hydrogen) atoms. The van der Waals surface area contributed by atoms with Crippen LogP contribution in [0.4, 0.5) is 10.1 Å². The van der Waals surface area contributed by atoms with Crippen molar-refractivity contribution in [3.8, 4) is 0 Å². The van der Waals surface area contributed by atoms with Crippen LogP contribution >= 0.6 is 11.6 Å². The van der Waals surface area contributed by atoms with Gasteiger partial charge in [0.15, 0.2) is 0 Å². The zero-order valence-corrected chi connectivity index (χ0v) is 10.2. The summed E-state index contributed by atoms with van der Waals surface area (Å²) in [5.74, 6) is -1.15. The van der Waals surface area contributed by atoms with E-state index in [0.29, 0.717) is 5.69 Å². The number of anilines is 1. The number of carbonyl (C=O) groups is 1. The summed E-state index contributed by atoms with van der Waals surface area (Å²) in [7, 11) is 0. The van der Waals surface area contributed by atoms with Crippen LogP contribution in [0.3, 0.4) is 0 Å². The zero-order valence-electron chi connectivity index (χ0n) is 9.45. The van der Waals surface area contributed by atoms with Gasteiger partial charge in [-0.25, -0.2) is 9.37 Å². The van der Waals surface area contributed by atoms with E-state index in [0.717, 1.165) is 18.0 Å². The SMILES string of the molecule is Cc1ccc(NC(=O)c2cc(F)cnc2Cl)cn1. The molecule has 0 aromatic carbocycles. The Kier molecular flexibility index (Phi) is 3.53. The van der Waals surface area contributed by atoms with Gasteiger partial charge in [0.1, 0.15) is 11.0 Å². The highest BCUT2D eigenvalue weighted by Crippen LogP contribution is 2.16. The fourth-order valence-electron chi connectivity index (χ4n) is 1.32. The van der Waals surface area contributed by atoms with E-state index < -0.39 is 11.7 Å².